The molecule has 106 valence electrons. The van der Waals surface area contributed by atoms with Gasteiger partial charge in [0.25, 0.3) is 5.92 Å². The van der Waals surface area contributed by atoms with Gasteiger partial charge in [-0.15, -0.1) is 0 Å². The van der Waals surface area contributed by atoms with Crippen LogP contribution in [0.3, 0.4) is 0 Å². The zero-order valence-corrected chi connectivity index (χ0v) is 11.6. The fraction of sp³-hybridized carbons (Fsp3) is 0.625. The Kier molecular flexibility index (Phi) is 4.24. The van der Waals surface area contributed by atoms with Crippen LogP contribution >= 0.6 is 0 Å². The van der Waals surface area contributed by atoms with Crippen LogP contribution in [-0.4, -0.2) is 11.2 Å². The largest absolute Gasteiger partial charge is 0.393 e. The highest BCUT2D eigenvalue weighted by Crippen LogP contribution is 2.38. The molecule has 3 heteroatoms. The second kappa shape index (κ2) is 5.58. The molecule has 19 heavy (non-hydrogen) atoms. The smallest absolute Gasteiger partial charge is 0.275 e. The summed E-state index contributed by atoms with van der Waals surface area (Å²) in [6, 6.07) is 6.77. The van der Waals surface area contributed by atoms with Crippen molar-refractivity contribution < 1.29 is 13.9 Å². The molecular weight excluding hydrogens is 246 g/mol. The van der Waals surface area contributed by atoms with Crippen molar-refractivity contribution in [1.82, 2.24) is 0 Å². The average Bonchev–Trinajstić information content (AvgIpc) is 2.39. The van der Waals surface area contributed by atoms with Gasteiger partial charge in [0.05, 0.1) is 6.10 Å². The minimum Gasteiger partial charge on any atom is -0.393 e. The van der Waals surface area contributed by atoms with Gasteiger partial charge in [0, 0.05) is 11.5 Å². The van der Waals surface area contributed by atoms with E-state index in [1.54, 1.807) is 12.1 Å². The van der Waals surface area contributed by atoms with Gasteiger partial charge >= 0.3 is 0 Å². The molecule has 0 radical (unpaired) electrons. The first-order chi connectivity index (χ1) is 8.91. The number of halogens is 2. The quantitative estimate of drug-likeness (QED) is 0.858. The lowest BCUT2D eigenvalue weighted by Crippen LogP contribution is -2.21. The lowest BCUT2D eigenvalue weighted by Gasteiger charge is -2.26. The van der Waals surface area contributed by atoms with Gasteiger partial charge in [0.2, 0.25) is 0 Å². The van der Waals surface area contributed by atoms with E-state index in [2.05, 4.69) is 0 Å². The summed E-state index contributed by atoms with van der Waals surface area (Å²) < 4.78 is 27.7. The SMILES string of the molecule is CC(C)C(F)(F)c1ccc(C2CCC(O)CC2)cc1. The van der Waals surface area contributed by atoms with Gasteiger partial charge in [-0.25, -0.2) is 8.78 Å². The summed E-state index contributed by atoms with van der Waals surface area (Å²) in [4.78, 5) is 0. The fourth-order valence-corrected chi connectivity index (χ4v) is 2.72. The van der Waals surface area contributed by atoms with Crippen LogP contribution in [0.2, 0.25) is 0 Å². The van der Waals surface area contributed by atoms with E-state index >= 15 is 0 Å². The van der Waals surface area contributed by atoms with E-state index in [-0.39, 0.29) is 11.7 Å². The normalized spacial score (nSPS) is 24.7. The summed E-state index contributed by atoms with van der Waals surface area (Å²) in [6.45, 7) is 3.08. The Balaban J connectivity index is 2.10. The van der Waals surface area contributed by atoms with E-state index in [4.69, 9.17) is 0 Å². The number of rotatable bonds is 3. The molecule has 1 aliphatic rings. The lowest BCUT2D eigenvalue weighted by molar-refractivity contribution is -0.0514. The lowest BCUT2D eigenvalue weighted by atomic mass is 9.82. The zero-order chi connectivity index (χ0) is 14.0. The Labute approximate surface area is 113 Å². The molecule has 0 aliphatic heterocycles. The highest BCUT2D eigenvalue weighted by atomic mass is 19.3. The van der Waals surface area contributed by atoms with Crippen LogP contribution in [-0.2, 0) is 5.92 Å². The van der Waals surface area contributed by atoms with Gasteiger partial charge in [-0.05, 0) is 37.2 Å². The molecule has 2 rings (SSSR count). The minimum atomic E-state index is -2.76. The van der Waals surface area contributed by atoms with Gasteiger partial charge in [-0.2, -0.15) is 0 Å². The maximum absolute atomic E-state index is 13.9. The Morgan fingerprint density at radius 2 is 1.58 bits per heavy atom. The topological polar surface area (TPSA) is 20.2 Å². The highest BCUT2D eigenvalue weighted by molar-refractivity contribution is 5.28. The number of benzene rings is 1. The molecule has 0 amide bonds. The van der Waals surface area contributed by atoms with Crippen LogP contribution in [0.15, 0.2) is 24.3 Å². The van der Waals surface area contributed by atoms with Crippen molar-refractivity contribution in [3.05, 3.63) is 35.4 Å². The van der Waals surface area contributed by atoms with E-state index in [1.807, 2.05) is 12.1 Å². The Hall–Kier alpha value is -0.960. The highest BCUT2D eigenvalue weighted by Gasteiger charge is 2.35. The van der Waals surface area contributed by atoms with Crippen molar-refractivity contribution >= 4 is 0 Å². The molecule has 0 heterocycles. The summed E-state index contributed by atoms with van der Waals surface area (Å²) in [5.41, 5.74) is 1.22. The summed E-state index contributed by atoms with van der Waals surface area (Å²) in [5.74, 6) is -3.05. The molecule has 1 N–H and O–H groups in total. The van der Waals surface area contributed by atoms with Gasteiger partial charge in [0.15, 0.2) is 0 Å². The van der Waals surface area contributed by atoms with Gasteiger partial charge < -0.3 is 5.11 Å². The number of aliphatic hydroxyl groups is 1. The standard InChI is InChI=1S/C16H22F2O/c1-11(2)16(17,18)14-7-3-12(4-8-14)13-5-9-15(19)10-6-13/h3-4,7-8,11,13,15,19H,5-6,9-10H2,1-2H3. The van der Waals surface area contributed by atoms with E-state index < -0.39 is 11.8 Å². The third-order valence-electron chi connectivity index (χ3n) is 4.19. The predicted molar refractivity (Wildman–Crippen MR) is 72.4 cm³/mol. The Bertz CT molecular complexity index is 403. The van der Waals surface area contributed by atoms with E-state index in [9.17, 15) is 13.9 Å². The van der Waals surface area contributed by atoms with Crippen LogP contribution in [0.25, 0.3) is 0 Å². The van der Waals surface area contributed by atoms with E-state index in [0.717, 1.165) is 31.2 Å². The van der Waals surface area contributed by atoms with E-state index in [0.29, 0.717) is 5.92 Å². The molecule has 1 fully saturated rings. The Morgan fingerprint density at radius 3 is 2.05 bits per heavy atom. The first kappa shape index (κ1) is 14.4. The monoisotopic (exact) mass is 268 g/mol. The molecule has 0 unspecified atom stereocenters. The predicted octanol–water partition coefficient (Wildman–Crippen LogP) is 4.45. The maximum Gasteiger partial charge on any atom is 0.275 e. The molecule has 0 aromatic heterocycles. The summed E-state index contributed by atoms with van der Waals surface area (Å²) in [5, 5.41) is 9.49. The molecule has 1 saturated carbocycles. The summed E-state index contributed by atoms with van der Waals surface area (Å²) in [6.07, 6.45) is 3.34. The molecule has 0 saturated heterocycles. The van der Waals surface area contributed by atoms with Crippen molar-refractivity contribution in [3.63, 3.8) is 0 Å². The van der Waals surface area contributed by atoms with Crippen molar-refractivity contribution in [1.29, 1.82) is 0 Å². The molecular formula is C16H22F2O. The molecule has 0 bridgehead atoms. The second-order valence-corrected chi connectivity index (χ2v) is 5.91. The molecule has 1 aliphatic carbocycles. The number of hydrogen-bond acceptors (Lipinski definition) is 1. The van der Waals surface area contributed by atoms with Gasteiger partial charge in [-0.1, -0.05) is 38.1 Å². The summed E-state index contributed by atoms with van der Waals surface area (Å²) >= 11 is 0. The molecule has 1 aromatic carbocycles. The van der Waals surface area contributed by atoms with E-state index in [1.165, 1.54) is 13.8 Å². The van der Waals surface area contributed by atoms with Crippen LogP contribution in [0.5, 0.6) is 0 Å². The van der Waals surface area contributed by atoms with Crippen LogP contribution in [0.4, 0.5) is 8.78 Å². The summed E-state index contributed by atoms with van der Waals surface area (Å²) in [7, 11) is 0. The fourth-order valence-electron chi connectivity index (χ4n) is 2.72. The van der Waals surface area contributed by atoms with Crippen LogP contribution in [0, 0.1) is 5.92 Å². The zero-order valence-electron chi connectivity index (χ0n) is 11.6. The van der Waals surface area contributed by atoms with Gasteiger partial charge in [-0.3, -0.25) is 0 Å². The third-order valence-corrected chi connectivity index (χ3v) is 4.19. The molecule has 1 nitrogen and oxygen atoms in total. The van der Waals surface area contributed by atoms with Crippen molar-refractivity contribution in [3.8, 4) is 0 Å². The number of hydrogen-bond donors (Lipinski definition) is 1. The molecule has 1 aromatic rings. The first-order valence-corrected chi connectivity index (χ1v) is 7.07. The minimum absolute atomic E-state index is 0.0992. The Morgan fingerprint density at radius 1 is 1.05 bits per heavy atom. The average molecular weight is 268 g/mol. The first-order valence-electron chi connectivity index (χ1n) is 7.07. The molecule has 0 spiro atoms. The number of alkyl halides is 2. The number of aliphatic hydroxyl groups excluding tert-OH is 1. The maximum atomic E-state index is 13.9. The molecule has 0 atom stereocenters. The van der Waals surface area contributed by atoms with Crippen molar-refractivity contribution in [2.24, 2.45) is 5.92 Å². The van der Waals surface area contributed by atoms with Crippen LogP contribution < -0.4 is 0 Å². The second-order valence-electron chi connectivity index (χ2n) is 5.91. The van der Waals surface area contributed by atoms with Crippen molar-refractivity contribution in [2.45, 2.75) is 57.5 Å². The van der Waals surface area contributed by atoms with Gasteiger partial charge in [0.1, 0.15) is 0 Å². The van der Waals surface area contributed by atoms with Crippen LogP contribution in [0.1, 0.15) is 56.6 Å². The third kappa shape index (κ3) is 3.14. The van der Waals surface area contributed by atoms with Crippen molar-refractivity contribution in [2.75, 3.05) is 0 Å².